The van der Waals surface area contributed by atoms with Crippen LogP contribution in [-0.4, -0.2) is 24.8 Å². The number of nitrogens with zero attached hydrogens (tertiary/aromatic N) is 4. The molecule has 2 aliphatic heterocycles. The van der Waals surface area contributed by atoms with Gasteiger partial charge in [0, 0.05) is 54.3 Å². The Kier molecular flexibility index (Phi) is 27.6. The molecule has 2 aliphatic carbocycles. The number of benzene rings is 3. The summed E-state index contributed by atoms with van der Waals surface area (Å²) in [4.78, 5) is 42.7. The molecule has 0 radical (unpaired) electrons. The van der Waals surface area contributed by atoms with Crippen LogP contribution in [0, 0.1) is 35.8 Å². The first-order valence-corrected chi connectivity index (χ1v) is 43.0. The van der Waals surface area contributed by atoms with E-state index >= 15 is 0 Å². The number of hydrogen-bond donors (Lipinski definition) is 0. The third kappa shape index (κ3) is 16.2. The van der Waals surface area contributed by atoms with Crippen LogP contribution >= 0.6 is 91.8 Å². The molecule has 0 unspecified atom stereocenters. The molecule has 18 heteroatoms. The van der Waals surface area contributed by atoms with Crippen molar-refractivity contribution >= 4 is 147 Å². The molecule has 7 aromatic rings. The van der Waals surface area contributed by atoms with Crippen molar-refractivity contribution in [2.45, 2.75) is 258 Å². The van der Waals surface area contributed by atoms with Gasteiger partial charge in [0.15, 0.2) is 23.1 Å². The largest absolute Gasteiger partial charge is 0.491 e. The molecule has 4 aliphatic rings. The standard InChI is InChI=1S/C86H94Cl4N4O6S4/c1-9-15-21-27-29-35-41-97-75-71-77-83(79-61(85(99-77,37-31-23-17-11-3)38-32-24-18-12-4)45-53(101-79)43-59-69(67(51-91)93-7)55-47-63(87)65(89)49-57(55)73(59)95)104-82(71)76(98-42-36-30-28-22-16-10-2)72-78-84(103-81(72)75)80-62(86(100-78,39-33-25-19-13-5)40-34-26-20-14-6)46-54(102-80)44-60-70(68(52-92)94-8)56-48-64(88)66(90)50-58(56)74(60)96/h43-50H,9-42H2,1-6H3/b59-43-,60-44-,69-67+,70-68?. The number of allylic oxidation sites excluding steroid dienone is 6. The Hall–Kier alpha value is -6.40. The summed E-state index contributed by atoms with van der Waals surface area (Å²) in [6, 6.07) is 14.9. The molecule has 0 N–H and O–H groups in total. The van der Waals surface area contributed by atoms with Gasteiger partial charge in [-0.15, -0.1) is 45.3 Å². The van der Waals surface area contributed by atoms with Crippen molar-refractivity contribution in [1.29, 1.82) is 10.5 Å². The van der Waals surface area contributed by atoms with Gasteiger partial charge in [-0.25, -0.2) is 20.2 Å². The monoisotopic (exact) mass is 1550 g/mol. The van der Waals surface area contributed by atoms with Crippen molar-refractivity contribution in [2.24, 2.45) is 0 Å². The van der Waals surface area contributed by atoms with Gasteiger partial charge in [-0.1, -0.05) is 229 Å². The summed E-state index contributed by atoms with van der Waals surface area (Å²) in [7, 11) is 0. The summed E-state index contributed by atoms with van der Waals surface area (Å²) >= 11 is 33.1. The number of ketones is 2. The van der Waals surface area contributed by atoms with Gasteiger partial charge in [0.05, 0.1) is 98.3 Å². The Bertz CT molecular complexity index is 4330. The molecule has 0 spiro atoms. The highest BCUT2D eigenvalue weighted by Gasteiger charge is 2.48. The number of nitriles is 2. The summed E-state index contributed by atoms with van der Waals surface area (Å²) in [5.41, 5.74) is 2.55. The zero-order chi connectivity index (χ0) is 73.7. The van der Waals surface area contributed by atoms with E-state index in [0.29, 0.717) is 35.5 Å². The zero-order valence-electron chi connectivity index (χ0n) is 61.0. The number of carbonyl (C=O) groups excluding carboxylic acids is 2. The van der Waals surface area contributed by atoms with Crippen LogP contribution in [0.15, 0.2) is 58.9 Å². The molecule has 0 bridgehead atoms. The van der Waals surface area contributed by atoms with Crippen LogP contribution in [0.1, 0.15) is 300 Å². The van der Waals surface area contributed by atoms with Crippen LogP contribution in [0.2, 0.25) is 20.1 Å². The maximum absolute atomic E-state index is 14.9. The molecular weight excluding hydrogens is 1460 g/mol. The van der Waals surface area contributed by atoms with Gasteiger partial charge in [-0.3, -0.25) is 9.59 Å². The van der Waals surface area contributed by atoms with E-state index in [0.717, 1.165) is 276 Å². The summed E-state index contributed by atoms with van der Waals surface area (Å²) < 4.78 is 33.3. The molecule has 3 aromatic carbocycles. The summed E-state index contributed by atoms with van der Waals surface area (Å²) in [6.07, 6.45) is 36.2. The van der Waals surface area contributed by atoms with Crippen molar-refractivity contribution in [2.75, 3.05) is 13.2 Å². The molecule has 10 nitrogen and oxygen atoms in total. The Labute approximate surface area is 651 Å². The fourth-order valence-electron chi connectivity index (χ4n) is 15.5. The van der Waals surface area contributed by atoms with Crippen molar-refractivity contribution in [3.8, 4) is 54.6 Å². The maximum Gasteiger partial charge on any atom is 0.270 e. The lowest BCUT2D eigenvalue weighted by Crippen LogP contribution is -2.35. The fraction of sp³-hybridized carbons (Fsp3) is 0.488. The summed E-state index contributed by atoms with van der Waals surface area (Å²) in [6.45, 7) is 30.8. The third-order valence-electron chi connectivity index (χ3n) is 21.0. The number of halogens is 4. The maximum atomic E-state index is 14.9. The van der Waals surface area contributed by atoms with Crippen LogP contribution in [0.25, 0.3) is 72.7 Å². The van der Waals surface area contributed by atoms with E-state index in [-0.39, 0.29) is 65.3 Å². The Morgan fingerprint density at radius 3 is 1.07 bits per heavy atom. The van der Waals surface area contributed by atoms with Crippen LogP contribution < -0.4 is 18.9 Å². The first-order valence-electron chi connectivity index (χ1n) is 38.2. The van der Waals surface area contributed by atoms with Gasteiger partial charge >= 0.3 is 0 Å². The average molecular weight is 1550 g/mol. The fourth-order valence-corrected chi connectivity index (χ4v) is 21.3. The lowest BCUT2D eigenvalue weighted by atomic mass is 9.81. The molecule has 11 rings (SSSR count). The lowest BCUT2D eigenvalue weighted by Gasteiger charge is -2.39. The highest BCUT2D eigenvalue weighted by molar-refractivity contribution is 7.29. The van der Waals surface area contributed by atoms with Gasteiger partial charge in [-0.2, -0.15) is 0 Å². The number of unbranched alkanes of at least 4 members (excludes halogenated alkanes) is 22. The number of thiophene rings is 4. The number of rotatable bonds is 38. The predicted molar refractivity (Wildman–Crippen MR) is 437 cm³/mol. The molecule has 0 amide bonds. The predicted octanol–water partition coefficient (Wildman–Crippen LogP) is 29.6. The zero-order valence-corrected chi connectivity index (χ0v) is 67.3. The number of hydrogen-bond acceptors (Lipinski definition) is 12. The minimum Gasteiger partial charge on any atom is -0.491 e. The Morgan fingerprint density at radius 2 is 0.750 bits per heavy atom. The average Bonchev–Trinajstić information content (AvgIpc) is 1.53. The topological polar surface area (TPSA) is 127 Å². The van der Waals surface area contributed by atoms with E-state index in [1.165, 1.54) is 12.8 Å². The van der Waals surface area contributed by atoms with E-state index in [1.807, 2.05) is 12.2 Å². The van der Waals surface area contributed by atoms with Crippen LogP contribution in [-0.2, 0) is 11.2 Å². The minimum atomic E-state index is -0.797. The van der Waals surface area contributed by atoms with Gasteiger partial charge < -0.3 is 18.9 Å². The molecule has 546 valence electrons. The quantitative estimate of drug-likeness (QED) is 0.0162. The molecule has 4 aromatic heterocycles. The Morgan fingerprint density at radius 1 is 0.442 bits per heavy atom. The summed E-state index contributed by atoms with van der Waals surface area (Å²) in [5, 5.41) is 23.7. The second kappa shape index (κ2) is 36.5. The first kappa shape index (κ1) is 78.7. The van der Waals surface area contributed by atoms with Gasteiger partial charge in [0.2, 0.25) is 0 Å². The molecule has 0 fully saturated rings. The molecular formula is C86H94Cl4N4O6S4. The van der Waals surface area contributed by atoms with E-state index in [9.17, 15) is 20.1 Å². The number of Topliss-reactive ketones (excluding diaryl/α,β-unsaturated/α-hetero) is 2. The number of fused-ring (bicyclic) bond motifs is 12. The van der Waals surface area contributed by atoms with Crippen LogP contribution in [0.4, 0.5) is 0 Å². The third-order valence-corrected chi connectivity index (χ3v) is 27.2. The second-order valence-corrected chi connectivity index (χ2v) is 34.2. The normalized spacial score (nSPS) is 16.1. The second-order valence-electron chi connectivity index (χ2n) is 28.3. The first-order chi connectivity index (χ1) is 50.6. The summed E-state index contributed by atoms with van der Waals surface area (Å²) in [5.74, 6) is 2.37. The highest BCUT2D eigenvalue weighted by atomic mass is 35.5. The minimum absolute atomic E-state index is 0.200. The van der Waals surface area contributed by atoms with Crippen molar-refractivity contribution in [3.05, 3.63) is 145 Å². The molecule has 0 saturated carbocycles. The smallest absolute Gasteiger partial charge is 0.270 e. The molecule has 104 heavy (non-hydrogen) atoms. The van der Waals surface area contributed by atoms with Crippen LogP contribution in [0.3, 0.4) is 0 Å². The lowest BCUT2D eigenvalue weighted by molar-refractivity contribution is 0.0408. The number of carbonyl (C=O) groups is 2. The highest BCUT2D eigenvalue weighted by Crippen LogP contribution is 2.68. The van der Waals surface area contributed by atoms with Crippen molar-refractivity contribution in [3.63, 3.8) is 0 Å². The number of ether oxygens (including phenoxy) is 4. The molecule has 6 heterocycles. The molecule has 0 saturated heterocycles. The van der Waals surface area contributed by atoms with E-state index in [4.69, 9.17) is 78.5 Å². The van der Waals surface area contributed by atoms with Crippen molar-refractivity contribution < 1.29 is 28.5 Å². The van der Waals surface area contributed by atoms with E-state index in [2.05, 4.69) is 75.5 Å². The molecule has 0 atom stereocenters. The van der Waals surface area contributed by atoms with Crippen molar-refractivity contribution in [1.82, 2.24) is 0 Å². The van der Waals surface area contributed by atoms with E-state index < -0.39 is 11.2 Å². The van der Waals surface area contributed by atoms with Gasteiger partial charge in [-0.05, 0) is 124 Å². The van der Waals surface area contributed by atoms with Gasteiger partial charge in [0.25, 0.3) is 11.4 Å². The SMILES string of the molecule is [C-]#[N+]C(C#N)=C1/C(=C/c2cc3c(s2)-c2sc4c(OCCCCCCCC)c5c6c(sc5c(OCCCCCCCC)c4c2OC3(CCCCCC)CCCCCC)-c2sc(/C=C3\C(=O)c4cc(Cl)c(Cl)cc4\C3=C(\C#N)[N+]#[C-])cc2C(CCCCCC)(CCCCCC)O6)C(=O)c2cc(Cl)c(Cl)cc21. The van der Waals surface area contributed by atoms with Gasteiger partial charge in [0.1, 0.15) is 22.7 Å². The Balaban J connectivity index is 1.21. The van der Waals surface area contributed by atoms with Crippen LogP contribution in [0.5, 0.6) is 23.0 Å². The van der Waals surface area contributed by atoms with E-state index in [1.54, 1.807) is 69.6 Å².